The van der Waals surface area contributed by atoms with E-state index in [4.69, 9.17) is 13.9 Å². The van der Waals surface area contributed by atoms with Crippen LogP contribution < -0.4 is 14.8 Å². The first kappa shape index (κ1) is 21.3. The number of oxazole rings is 1. The van der Waals surface area contributed by atoms with E-state index < -0.39 is 11.2 Å². The molecule has 2 aliphatic heterocycles. The molecule has 0 saturated carbocycles. The standard InChI is InChI=1S/C25H22FN5O4/c1-14-27-12-21(35-14)17-6-4-15(10-19(17)33-2)22-29-30-23-25(8-3-9-31(22)23)13-34-20-11-16(26)5-7-18(20)28-24(25)32/h4-7,10-12H,3,8-9,13H2,1-2H3,(H,28,32). The molecule has 1 spiro atoms. The highest BCUT2D eigenvalue weighted by Crippen LogP contribution is 2.42. The van der Waals surface area contributed by atoms with Gasteiger partial charge in [-0.2, -0.15) is 0 Å². The van der Waals surface area contributed by atoms with Crippen molar-refractivity contribution in [1.29, 1.82) is 0 Å². The average Bonchev–Trinajstić information content (AvgIpc) is 3.47. The van der Waals surface area contributed by atoms with Gasteiger partial charge in [0.1, 0.15) is 29.3 Å². The number of anilines is 1. The number of fused-ring (bicyclic) bond motifs is 3. The monoisotopic (exact) mass is 475 g/mol. The third-order valence-corrected chi connectivity index (χ3v) is 6.61. The van der Waals surface area contributed by atoms with E-state index in [0.29, 0.717) is 53.5 Å². The van der Waals surface area contributed by atoms with Crippen LogP contribution >= 0.6 is 0 Å². The third-order valence-electron chi connectivity index (χ3n) is 6.61. The van der Waals surface area contributed by atoms with E-state index in [1.54, 1.807) is 20.2 Å². The Morgan fingerprint density at radius 1 is 1.20 bits per heavy atom. The highest BCUT2D eigenvalue weighted by atomic mass is 19.1. The van der Waals surface area contributed by atoms with Gasteiger partial charge < -0.3 is 23.8 Å². The number of aromatic nitrogens is 4. The molecule has 0 fully saturated rings. The van der Waals surface area contributed by atoms with Crippen LogP contribution in [0, 0.1) is 12.7 Å². The van der Waals surface area contributed by atoms with Gasteiger partial charge in [0, 0.05) is 25.1 Å². The zero-order valence-electron chi connectivity index (χ0n) is 19.2. The van der Waals surface area contributed by atoms with Gasteiger partial charge in [-0.05, 0) is 37.1 Å². The first-order chi connectivity index (χ1) is 17.0. The Labute approximate surface area is 199 Å². The van der Waals surface area contributed by atoms with E-state index in [1.165, 1.54) is 18.2 Å². The normalized spacial score (nSPS) is 18.9. The number of carbonyl (C=O) groups excluding carboxylic acids is 1. The van der Waals surface area contributed by atoms with Crippen LogP contribution in [0.2, 0.25) is 0 Å². The molecule has 0 bridgehead atoms. The van der Waals surface area contributed by atoms with Crippen molar-refractivity contribution in [3.63, 3.8) is 0 Å². The van der Waals surface area contributed by atoms with Gasteiger partial charge in [0.05, 0.1) is 24.6 Å². The Morgan fingerprint density at radius 3 is 2.89 bits per heavy atom. The van der Waals surface area contributed by atoms with Gasteiger partial charge >= 0.3 is 0 Å². The summed E-state index contributed by atoms with van der Waals surface area (Å²) in [7, 11) is 1.59. The number of hydrogen-bond donors (Lipinski definition) is 1. The number of benzene rings is 2. The minimum Gasteiger partial charge on any atom is -0.496 e. The van der Waals surface area contributed by atoms with Crippen LogP contribution in [0.3, 0.4) is 0 Å². The molecule has 178 valence electrons. The lowest BCUT2D eigenvalue weighted by Crippen LogP contribution is -2.48. The van der Waals surface area contributed by atoms with E-state index in [0.717, 1.165) is 17.5 Å². The molecule has 0 aliphatic carbocycles. The van der Waals surface area contributed by atoms with Crippen molar-refractivity contribution in [2.45, 2.75) is 31.7 Å². The predicted octanol–water partition coefficient (Wildman–Crippen LogP) is 4.12. The van der Waals surface area contributed by atoms with Crippen molar-refractivity contribution in [1.82, 2.24) is 19.7 Å². The number of hydrogen-bond acceptors (Lipinski definition) is 7. The number of aryl methyl sites for hydroxylation is 1. The van der Waals surface area contributed by atoms with Gasteiger partial charge in [-0.15, -0.1) is 10.2 Å². The lowest BCUT2D eigenvalue weighted by molar-refractivity contribution is -0.123. The smallest absolute Gasteiger partial charge is 0.241 e. The number of nitrogens with one attached hydrogen (secondary N) is 1. The fourth-order valence-corrected chi connectivity index (χ4v) is 4.83. The molecule has 0 radical (unpaired) electrons. The average molecular weight is 475 g/mol. The second kappa shape index (κ2) is 7.93. The summed E-state index contributed by atoms with van der Waals surface area (Å²) >= 11 is 0. The summed E-state index contributed by atoms with van der Waals surface area (Å²) in [6.07, 6.45) is 2.93. The van der Waals surface area contributed by atoms with Crippen LogP contribution in [0.15, 0.2) is 47.0 Å². The lowest BCUT2D eigenvalue weighted by Gasteiger charge is -2.33. The number of amides is 1. The molecule has 9 nitrogen and oxygen atoms in total. The Balaban J connectivity index is 1.40. The molecule has 2 aromatic carbocycles. The second-order valence-corrected chi connectivity index (χ2v) is 8.73. The highest BCUT2D eigenvalue weighted by Gasteiger charge is 2.49. The van der Waals surface area contributed by atoms with Gasteiger partial charge in [-0.3, -0.25) is 4.79 Å². The highest BCUT2D eigenvalue weighted by molar-refractivity contribution is 6.00. The SMILES string of the molecule is COc1cc(-c2nnc3n2CCCC32COc3cc(F)ccc3NC2=O)ccc1-c1cnc(C)o1. The molecule has 2 aromatic heterocycles. The first-order valence-corrected chi connectivity index (χ1v) is 11.3. The fourth-order valence-electron chi connectivity index (χ4n) is 4.83. The second-order valence-electron chi connectivity index (χ2n) is 8.73. The molecule has 10 heteroatoms. The lowest BCUT2D eigenvalue weighted by atomic mass is 9.79. The van der Waals surface area contributed by atoms with Gasteiger partial charge in [0.15, 0.2) is 23.3 Å². The molecule has 4 heterocycles. The Morgan fingerprint density at radius 2 is 2.09 bits per heavy atom. The maximum absolute atomic E-state index is 13.7. The van der Waals surface area contributed by atoms with Crippen molar-refractivity contribution >= 4 is 11.6 Å². The molecule has 1 atom stereocenters. The number of nitrogens with zero attached hydrogens (tertiary/aromatic N) is 4. The van der Waals surface area contributed by atoms with E-state index in [1.807, 2.05) is 22.8 Å². The molecule has 6 rings (SSSR count). The van der Waals surface area contributed by atoms with Gasteiger partial charge in [-0.1, -0.05) is 6.07 Å². The number of halogens is 1. The zero-order chi connectivity index (χ0) is 24.2. The summed E-state index contributed by atoms with van der Waals surface area (Å²) in [4.78, 5) is 17.6. The fraction of sp³-hybridized carbons (Fsp3) is 0.280. The van der Waals surface area contributed by atoms with Crippen molar-refractivity contribution in [2.24, 2.45) is 0 Å². The minimum absolute atomic E-state index is 0.0422. The van der Waals surface area contributed by atoms with Crippen molar-refractivity contribution in [3.05, 3.63) is 60.1 Å². The summed E-state index contributed by atoms with van der Waals surface area (Å²) in [5.41, 5.74) is 0.958. The summed E-state index contributed by atoms with van der Waals surface area (Å²) < 4.78 is 32.9. The number of methoxy groups -OCH3 is 1. The zero-order valence-corrected chi connectivity index (χ0v) is 19.2. The third kappa shape index (κ3) is 3.36. The van der Waals surface area contributed by atoms with Crippen LogP contribution in [-0.2, 0) is 16.8 Å². The predicted molar refractivity (Wildman–Crippen MR) is 124 cm³/mol. The quantitative estimate of drug-likeness (QED) is 0.475. The molecule has 35 heavy (non-hydrogen) atoms. The van der Waals surface area contributed by atoms with E-state index >= 15 is 0 Å². The maximum Gasteiger partial charge on any atom is 0.241 e. The van der Waals surface area contributed by atoms with E-state index in [9.17, 15) is 9.18 Å². The summed E-state index contributed by atoms with van der Waals surface area (Å²) in [6.45, 7) is 2.48. The summed E-state index contributed by atoms with van der Waals surface area (Å²) in [5, 5.41) is 11.8. The van der Waals surface area contributed by atoms with Gasteiger partial charge in [0.2, 0.25) is 5.91 Å². The summed E-state index contributed by atoms with van der Waals surface area (Å²) in [6, 6.07) is 9.74. The van der Waals surface area contributed by atoms with Gasteiger partial charge in [0.25, 0.3) is 0 Å². The maximum atomic E-state index is 13.7. The molecule has 1 unspecified atom stereocenters. The van der Waals surface area contributed by atoms with E-state index in [-0.39, 0.29) is 12.5 Å². The van der Waals surface area contributed by atoms with Crippen LogP contribution in [0.4, 0.5) is 10.1 Å². The topological polar surface area (TPSA) is 104 Å². The molecular formula is C25H22FN5O4. The van der Waals surface area contributed by atoms with E-state index in [2.05, 4.69) is 20.5 Å². The largest absolute Gasteiger partial charge is 0.496 e. The first-order valence-electron chi connectivity index (χ1n) is 11.3. The number of carbonyl (C=O) groups is 1. The summed E-state index contributed by atoms with van der Waals surface area (Å²) in [5.74, 6) is 2.56. The van der Waals surface area contributed by atoms with Crippen LogP contribution in [0.1, 0.15) is 24.6 Å². The van der Waals surface area contributed by atoms with Crippen LogP contribution in [-0.4, -0.2) is 39.4 Å². The Kier molecular flexibility index (Phi) is 4.84. The Hall–Kier alpha value is -4.21. The molecule has 1 N–H and O–H groups in total. The molecule has 2 aliphatic rings. The molecule has 1 amide bonds. The van der Waals surface area contributed by atoms with Crippen LogP contribution in [0.25, 0.3) is 22.7 Å². The number of rotatable bonds is 3. The Bertz CT molecular complexity index is 1460. The van der Waals surface area contributed by atoms with Crippen LogP contribution in [0.5, 0.6) is 11.5 Å². The van der Waals surface area contributed by atoms with Gasteiger partial charge in [-0.25, -0.2) is 9.37 Å². The molecule has 4 aromatic rings. The number of ether oxygens (including phenoxy) is 2. The molecule has 0 saturated heterocycles. The van der Waals surface area contributed by atoms with Crippen molar-refractivity contribution in [2.75, 3.05) is 19.0 Å². The molecular weight excluding hydrogens is 453 g/mol. The van der Waals surface area contributed by atoms with Crippen molar-refractivity contribution < 1.29 is 23.1 Å². The van der Waals surface area contributed by atoms with Crippen molar-refractivity contribution in [3.8, 4) is 34.2 Å². The minimum atomic E-state index is -1.04.